The second kappa shape index (κ2) is 9.34. The summed E-state index contributed by atoms with van der Waals surface area (Å²) in [7, 11) is 0. The number of rotatable bonds is 6. The third kappa shape index (κ3) is 4.29. The summed E-state index contributed by atoms with van der Waals surface area (Å²) >= 11 is 0. The summed E-state index contributed by atoms with van der Waals surface area (Å²) in [6.45, 7) is 10.1. The molecule has 1 aromatic heterocycles. The van der Waals surface area contributed by atoms with Gasteiger partial charge in [-0.25, -0.2) is 0 Å². The number of nitro benzene ring substituents is 1. The van der Waals surface area contributed by atoms with Crippen molar-refractivity contribution in [3.63, 3.8) is 0 Å². The second-order valence-corrected chi connectivity index (χ2v) is 11.7. The molecule has 0 aliphatic heterocycles. The minimum absolute atomic E-state index is 0.0668. The molecule has 2 aromatic carbocycles. The smallest absolute Gasteiger partial charge is 0.292 e. The largest absolute Gasteiger partial charge is 0.379 e. The maximum atomic E-state index is 12.0. The number of hydrogen-bond acceptors (Lipinski definition) is 4. The van der Waals surface area contributed by atoms with Gasteiger partial charge in [-0.2, -0.15) is 0 Å². The first-order valence-corrected chi connectivity index (χ1v) is 13.3. The summed E-state index contributed by atoms with van der Waals surface area (Å²) in [5.41, 5.74) is 7.10. The van der Waals surface area contributed by atoms with Crippen molar-refractivity contribution in [2.45, 2.75) is 71.1 Å². The van der Waals surface area contributed by atoms with Crippen LogP contribution >= 0.6 is 0 Å². The van der Waals surface area contributed by atoms with Crippen molar-refractivity contribution in [3.05, 3.63) is 87.7 Å². The van der Waals surface area contributed by atoms with Crippen LogP contribution in [-0.2, 0) is 11.8 Å². The molecule has 0 bridgehead atoms. The fourth-order valence-corrected chi connectivity index (χ4v) is 7.06. The Morgan fingerprint density at radius 1 is 1.11 bits per heavy atom. The number of fused-ring (bicyclic) bond motifs is 3. The topological polar surface area (TPSA) is 68.1 Å². The second-order valence-electron chi connectivity index (χ2n) is 11.7. The van der Waals surface area contributed by atoms with Crippen LogP contribution in [0.15, 0.2) is 60.9 Å². The van der Waals surface area contributed by atoms with Gasteiger partial charge in [0.05, 0.1) is 4.92 Å². The molecule has 1 N–H and O–H groups in total. The lowest BCUT2D eigenvalue weighted by molar-refractivity contribution is -0.383. The van der Waals surface area contributed by atoms with Gasteiger partial charge in [0, 0.05) is 30.6 Å². The van der Waals surface area contributed by atoms with Gasteiger partial charge < -0.3 is 5.32 Å². The molecule has 0 radical (unpaired) electrons. The van der Waals surface area contributed by atoms with Crippen molar-refractivity contribution >= 4 is 11.4 Å². The Labute approximate surface area is 214 Å². The van der Waals surface area contributed by atoms with E-state index >= 15 is 0 Å². The average molecular weight is 484 g/mol. The van der Waals surface area contributed by atoms with E-state index in [1.807, 2.05) is 24.3 Å². The lowest BCUT2D eigenvalue weighted by Crippen LogP contribution is -2.51. The predicted molar refractivity (Wildman–Crippen MR) is 146 cm³/mol. The van der Waals surface area contributed by atoms with Crippen molar-refractivity contribution in [1.29, 1.82) is 0 Å². The van der Waals surface area contributed by atoms with E-state index in [1.165, 1.54) is 36.0 Å². The number of nitrogens with zero attached hydrogens (tertiary/aromatic N) is 2. The van der Waals surface area contributed by atoms with Crippen LogP contribution in [0.25, 0.3) is 11.1 Å². The van der Waals surface area contributed by atoms with E-state index in [-0.39, 0.29) is 21.4 Å². The first kappa shape index (κ1) is 24.5. The molecular weight excluding hydrogens is 446 g/mol. The fraction of sp³-hybridized carbons (Fsp3) is 0.452. The van der Waals surface area contributed by atoms with Crippen molar-refractivity contribution in [3.8, 4) is 11.1 Å². The van der Waals surface area contributed by atoms with Crippen molar-refractivity contribution in [2.75, 3.05) is 11.9 Å². The molecular formula is C31H37N3O2. The average Bonchev–Trinajstić information content (AvgIpc) is 2.87. The Hall–Kier alpha value is -3.21. The van der Waals surface area contributed by atoms with Gasteiger partial charge in [0.25, 0.3) is 5.69 Å². The van der Waals surface area contributed by atoms with Gasteiger partial charge in [-0.15, -0.1) is 0 Å². The van der Waals surface area contributed by atoms with E-state index in [9.17, 15) is 10.1 Å². The minimum atomic E-state index is -0.279. The maximum absolute atomic E-state index is 12.0. The highest BCUT2D eigenvalue weighted by atomic mass is 16.6. The molecule has 0 unspecified atom stereocenters. The van der Waals surface area contributed by atoms with Crippen LogP contribution in [0.3, 0.4) is 0 Å². The van der Waals surface area contributed by atoms with E-state index in [4.69, 9.17) is 0 Å². The molecule has 188 valence electrons. The first-order chi connectivity index (χ1) is 17.2. The molecule has 2 aliphatic rings. The zero-order valence-electron chi connectivity index (χ0n) is 21.9. The fourth-order valence-electron chi connectivity index (χ4n) is 7.06. The third-order valence-electron chi connectivity index (χ3n) is 9.04. The number of hydrogen-bond donors (Lipinski definition) is 1. The summed E-state index contributed by atoms with van der Waals surface area (Å²) in [5, 5.41) is 15.5. The zero-order chi connectivity index (χ0) is 25.5. The van der Waals surface area contributed by atoms with E-state index in [0.717, 1.165) is 30.5 Å². The van der Waals surface area contributed by atoms with Crippen LogP contribution in [0.1, 0.15) is 76.0 Å². The quantitative estimate of drug-likeness (QED) is 0.286. The molecule has 36 heavy (non-hydrogen) atoms. The van der Waals surface area contributed by atoms with Crippen LogP contribution in [0, 0.1) is 21.4 Å². The molecule has 1 saturated carbocycles. The highest BCUT2D eigenvalue weighted by molar-refractivity contribution is 5.73. The Balaban J connectivity index is 1.41. The van der Waals surface area contributed by atoms with Gasteiger partial charge in [-0.05, 0) is 82.7 Å². The highest BCUT2D eigenvalue weighted by Gasteiger charge is 2.51. The lowest BCUT2D eigenvalue weighted by Gasteiger charge is -2.55. The zero-order valence-corrected chi connectivity index (χ0v) is 21.9. The highest BCUT2D eigenvalue weighted by Crippen LogP contribution is 2.57. The SMILES string of the molecule is CC(C)c1ccc2c(c1)CC[C@H]1[C@@](C)(CNc3ccc(-c4cccnc4)cc3[N+](=O)[O-])CCC[C@]21C. The molecule has 5 rings (SSSR count). The molecule has 1 fully saturated rings. The molecule has 0 amide bonds. The van der Waals surface area contributed by atoms with Gasteiger partial charge in [0.1, 0.15) is 5.69 Å². The molecule has 0 saturated heterocycles. The summed E-state index contributed by atoms with van der Waals surface area (Å²) in [6, 6.07) is 16.4. The number of nitrogens with one attached hydrogen (secondary N) is 1. The molecule has 5 heteroatoms. The Kier molecular flexibility index (Phi) is 6.36. The number of pyridine rings is 1. The van der Waals surface area contributed by atoms with Crippen molar-refractivity contribution < 1.29 is 4.92 Å². The van der Waals surface area contributed by atoms with Gasteiger partial charge in [0.15, 0.2) is 0 Å². The number of aromatic nitrogens is 1. The van der Waals surface area contributed by atoms with Crippen LogP contribution in [0.5, 0.6) is 0 Å². The van der Waals surface area contributed by atoms with Crippen molar-refractivity contribution in [1.82, 2.24) is 4.98 Å². The normalized spacial score (nSPS) is 25.2. The van der Waals surface area contributed by atoms with E-state index in [1.54, 1.807) is 18.5 Å². The Bertz CT molecular complexity index is 1270. The molecule has 3 atom stereocenters. The number of benzene rings is 2. The monoisotopic (exact) mass is 483 g/mol. The lowest BCUT2D eigenvalue weighted by atomic mass is 9.49. The summed E-state index contributed by atoms with van der Waals surface area (Å²) in [5.74, 6) is 1.08. The summed E-state index contributed by atoms with van der Waals surface area (Å²) in [6.07, 6.45) is 9.26. The van der Waals surface area contributed by atoms with Crippen LogP contribution < -0.4 is 5.32 Å². The van der Waals surface area contributed by atoms with Gasteiger partial charge in [-0.3, -0.25) is 15.1 Å². The number of aryl methyl sites for hydroxylation is 1. The molecule has 1 heterocycles. The number of nitro groups is 1. The minimum Gasteiger partial charge on any atom is -0.379 e. The summed E-state index contributed by atoms with van der Waals surface area (Å²) in [4.78, 5) is 15.9. The van der Waals surface area contributed by atoms with Gasteiger partial charge in [0.2, 0.25) is 0 Å². The van der Waals surface area contributed by atoms with E-state index < -0.39 is 0 Å². The third-order valence-corrected chi connectivity index (χ3v) is 9.04. The van der Waals surface area contributed by atoms with E-state index in [2.05, 4.69) is 56.2 Å². The van der Waals surface area contributed by atoms with Gasteiger partial charge in [-0.1, -0.05) is 64.4 Å². The molecule has 2 aliphatic carbocycles. The first-order valence-electron chi connectivity index (χ1n) is 13.3. The van der Waals surface area contributed by atoms with Gasteiger partial charge >= 0.3 is 0 Å². The molecule has 0 spiro atoms. The predicted octanol–water partition coefficient (Wildman–Crippen LogP) is 7.90. The van der Waals surface area contributed by atoms with Crippen molar-refractivity contribution in [2.24, 2.45) is 11.3 Å². The van der Waals surface area contributed by atoms with E-state index in [0.29, 0.717) is 17.5 Å². The maximum Gasteiger partial charge on any atom is 0.292 e. The molecule has 3 aromatic rings. The molecule has 5 nitrogen and oxygen atoms in total. The summed E-state index contributed by atoms with van der Waals surface area (Å²) < 4.78 is 0. The number of anilines is 1. The van der Waals surface area contributed by atoms with Crippen LogP contribution in [0.2, 0.25) is 0 Å². The standard InChI is InChI=1S/C31H37N3O2/c1-21(2)22-8-11-26-24(17-22)10-13-29-30(3,14-6-15-31(26,29)4)20-33-27-12-9-23(18-28(27)34(35)36)25-7-5-16-32-19-25/h5,7-9,11-12,16-19,21,29,33H,6,10,13-15,20H2,1-4H3/t29-,30+,31+/m0/s1. The Morgan fingerprint density at radius 3 is 2.67 bits per heavy atom. The van der Waals surface area contributed by atoms with Crippen LogP contribution in [0.4, 0.5) is 11.4 Å². The van der Waals surface area contributed by atoms with Crippen LogP contribution in [-0.4, -0.2) is 16.5 Å². The Morgan fingerprint density at radius 2 is 1.94 bits per heavy atom.